The van der Waals surface area contributed by atoms with E-state index in [0.717, 1.165) is 35.8 Å². The molecule has 2 atom stereocenters. The highest BCUT2D eigenvalue weighted by Gasteiger charge is 2.39. The maximum Gasteiger partial charge on any atom is 0.119 e. The first kappa shape index (κ1) is 12.5. The number of benzene rings is 1. The van der Waals surface area contributed by atoms with Crippen LogP contribution in [0.1, 0.15) is 25.7 Å². The molecule has 18 heavy (non-hydrogen) atoms. The average Bonchev–Trinajstić information content (AvgIpc) is 2.63. The molecular formula is C15H20BrNO. The maximum atomic E-state index is 5.81. The highest BCUT2D eigenvalue weighted by molar-refractivity contribution is 9.09. The Hall–Kier alpha value is -0.540. The van der Waals surface area contributed by atoms with Crippen molar-refractivity contribution >= 4 is 15.9 Å². The van der Waals surface area contributed by atoms with Gasteiger partial charge in [-0.1, -0.05) is 34.1 Å². The smallest absolute Gasteiger partial charge is 0.119 e. The lowest BCUT2D eigenvalue weighted by atomic mass is 10.0. The number of hydrogen-bond donors (Lipinski definition) is 0. The molecule has 2 aliphatic heterocycles. The Bertz CT molecular complexity index is 369. The molecule has 2 nitrogen and oxygen atoms in total. The quantitative estimate of drug-likeness (QED) is 0.790. The van der Waals surface area contributed by atoms with Crippen LogP contribution in [-0.2, 0) is 0 Å². The zero-order valence-corrected chi connectivity index (χ0v) is 12.2. The molecule has 0 spiro atoms. The minimum atomic E-state index is 0.737. The molecule has 2 fully saturated rings. The van der Waals surface area contributed by atoms with Crippen LogP contribution < -0.4 is 4.74 Å². The van der Waals surface area contributed by atoms with Gasteiger partial charge in [-0.15, -0.1) is 0 Å². The van der Waals surface area contributed by atoms with Crippen molar-refractivity contribution in [2.45, 2.75) is 42.6 Å². The predicted molar refractivity (Wildman–Crippen MR) is 77.4 cm³/mol. The maximum absolute atomic E-state index is 5.81. The average molecular weight is 310 g/mol. The molecule has 3 heteroatoms. The predicted octanol–water partition coefficient (Wildman–Crippen LogP) is 3.46. The number of para-hydroxylation sites is 1. The second-order valence-corrected chi connectivity index (χ2v) is 6.65. The summed E-state index contributed by atoms with van der Waals surface area (Å²) in [6.45, 7) is 1.88. The molecule has 0 aliphatic carbocycles. The van der Waals surface area contributed by atoms with Gasteiger partial charge in [-0.3, -0.25) is 4.90 Å². The van der Waals surface area contributed by atoms with Crippen molar-refractivity contribution in [3.8, 4) is 5.75 Å². The van der Waals surface area contributed by atoms with Gasteiger partial charge in [0.25, 0.3) is 0 Å². The molecule has 0 N–H and O–H groups in total. The monoisotopic (exact) mass is 309 g/mol. The summed E-state index contributed by atoms with van der Waals surface area (Å²) in [7, 11) is 0. The molecule has 3 rings (SSSR count). The van der Waals surface area contributed by atoms with Crippen molar-refractivity contribution in [2.75, 3.05) is 13.2 Å². The Labute approximate surface area is 117 Å². The lowest BCUT2D eigenvalue weighted by Crippen LogP contribution is -2.45. The summed E-state index contributed by atoms with van der Waals surface area (Å²) >= 11 is 3.78. The van der Waals surface area contributed by atoms with Crippen LogP contribution in [0.3, 0.4) is 0 Å². The lowest BCUT2D eigenvalue weighted by molar-refractivity contribution is 0.120. The van der Waals surface area contributed by atoms with Crippen molar-refractivity contribution in [2.24, 2.45) is 0 Å². The largest absolute Gasteiger partial charge is 0.492 e. The summed E-state index contributed by atoms with van der Waals surface area (Å²) in [6, 6.07) is 11.7. The van der Waals surface area contributed by atoms with Gasteiger partial charge in [0, 0.05) is 23.5 Å². The summed E-state index contributed by atoms with van der Waals surface area (Å²) in [5, 5.41) is 0. The number of hydrogen-bond acceptors (Lipinski definition) is 2. The Morgan fingerprint density at radius 2 is 1.78 bits per heavy atom. The van der Waals surface area contributed by atoms with Gasteiger partial charge in [0.1, 0.15) is 12.4 Å². The molecule has 2 aliphatic rings. The molecule has 2 bridgehead atoms. The first-order chi connectivity index (χ1) is 8.83. The first-order valence-electron chi connectivity index (χ1n) is 6.90. The van der Waals surface area contributed by atoms with Crippen molar-refractivity contribution in [3.63, 3.8) is 0 Å². The molecule has 0 aromatic heterocycles. The van der Waals surface area contributed by atoms with Crippen LogP contribution in [0.5, 0.6) is 5.75 Å². The van der Waals surface area contributed by atoms with E-state index in [-0.39, 0.29) is 0 Å². The molecule has 1 aromatic rings. The standard InChI is InChI=1S/C15H20BrNO/c16-12-10-13-6-7-14(11-12)17(13)8-9-18-15-4-2-1-3-5-15/h1-5,12-14H,6-11H2. The number of rotatable bonds is 4. The molecule has 2 saturated heterocycles. The third kappa shape index (κ3) is 2.72. The molecule has 0 radical (unpaired) electrons. The number of alkyl halides is 1. The molecule has 0 saturated carbocycles. The van der Waals surface area contributed by atoms with Gasteiger partial charge in [-0.05, 0) is 37.8 Å². The third-order valence-corrected chi connectivity index (χ3v) is 4.94. The minimum absolute atomic E-state index is 0.737. The Kier molecular flexibility index (Phi) is 3.90. The molecule has 98 valence electrons. The van der Waals surface area contributed by atoms with E-state index in [1.165, 1.54) is 25.7 Å². The third-order valence-electron chi connectivity index (χ3n) is 4.19. The minimum Gasteiger partial charge on any atom is -0.492 e. The molecule has 2 unspecified atom stereocenters. The Morgan fingerprint density at radius 3 is 2.44 bits per heavy atom. The molecular weight excluding hydrogens is 290 g/mol. The zero-order chi connectivity index (χ0) is 12.4. The molecule has 2 heterocycles. The van der Waals surface area contributed by atoms with Gasteiger partial charge < -0.3 is 4.74 Å². The second-order valence-electron chi connectivity index (χ2n) is 5.35. The number of nitrogens with zero attached hydrogens (tertiary/aromatic N) is 1. The number of fused-ring (bicyclic) bond motifs is 2. The Balaban J connectivity index is 1.49. The van der Waals surface area contributed by atoms with E-state index in [1.54, 1.807) is 0 Å². The SMILES string of the molecule is BrC1CC2CCC(C1)N2CCOc1ccccc1. The van der Waals surface area contributed by atoms with Crippen molar-refractivity contribution in [1.82, 2.24) is 4.90 Å². The van der Waals surface area contributed by atoms with Crippen LogP contribution in [0.2, 0.25) is 0 Å². The Morgan fingerprint density at radius 1 is 1.11 bits per heavy atom. The van der Waals surface area contributed by atoms with E-state index < -0.39 is 0 Å². The van der Waals surface area contributed by atoms with Crippen LogP contribution in [0.15, 0.2) is 30.3 Å². The van der Waals surface area contributed by atoms with E-state index in [2.05, 4.69) is 20.8 Å². The fourth-order valence-corrected chi connectivity index (χ4v) is 4.22. The number of halogens is 1. The van der Waals surface area contributed by atoms with E-state index in [9.17, 15) is 0 Å². The van der Waals surface area contributed by atoms with Gasteiger partial charge in [-0.25, -0.2) is 0 Å². The lowest BCUT2D eigenvalue weighted by Gasteiger charge is -2.36. The second kappa shape index (κ2) is 5.62. The van der Waals surface area contributed by atoms with Crippen molar-refractivity contribution < 1.29 is 4.74 Å². The first-order valence-corrected chi connectivity index (χ1v) is 7.82. The van der Waals surface area contributed by atoms with Crippen LogP contribution >= 0.6 is 15.9 Å². The topological polar surface area (TPSA) is 12.5 Å². The van der Waals surface area contributed by atoms with Gasteiger partial charge in [0.05, 0.1) is 0 Å². The van der Waals surface area contributed by atoms with Gasteiger partial charge in [-0.2, -0.15) is 0 Å². The van der Waals surface area contributed by atoms with Crippen LogP contribution in [0.4, 0.5) is 0 Å². The van der Waals surface area contributed by atoms with Crippen molar-refractivity contribution in [3.05, 3.63) is 30.3 Å². The van der Waals surface area contributed by atoms with E-state index in [0.29, 0.717) is 0 Å². The summed E-state index contributed by atoms with van der Waals surface area (Å²) in [6.07, 6.45) is 5.36. The highest BCUT2D eigenvalue weighted by atomic mass is 79.9. The highest BCUT2D eigenvalue weighted by Crippen LogP contribution is 2.38. The van der Waals surface area contributed by atoms with E-state index in [1.807, 2.05) is 30.3 Å². The number of piperidine rings is 1. The normalized spacial score (nSPS) is 31.5. The number of ether oxygens (including phenoxy) is 1. The zero-order valence-electron chi connectivity index (χ0n) is 10.6. The summed E-state index contributed by atoms with van der Waals surface area (Å²) in [5.74, 6) is 0.986. The van der Waals surface area contributed by atoms with Crippen LogP contribution in [0.25, 0.3) is 0 Å². The summed E-state index contributed by atoms with van der Waals surface area (Å²) in [4.78, 5) is 3.40. The van der Waals surface area contributed by atoms with Crippen molar-refractivity contribution in [1.29, 1.82) is 0 Å². The van der Waals surface area contributed by atoms with Gasteiger partial charge in [0.15, 0.2) is 0 Å². The molecule has 0 amide bonds. The van der Waals surface area contributed by atoms with Crippen LogP contribution in [-0.4, -0.2) is 35.0 Å². The summed E-state index contributed by atoms with van der Waals surface area (Å²) < 4.78 is 5.81. The van der Waals surface area contributed by atoms with Gasteiger partial charge >= 0.3 is 0 Å². The fraction of sp³-hybridized carbons (Fsp3) is 0.600. The van der Waals surface area contributed by atoms with E-state index in [4.69, 9.17) is 4.74 Å². The van der Waals surface area contributed by atoms with Gasteiger partial charge in [0.2, 0.25) is 0 Å². The van der Waals surface area contributed by atoms with E-state index >= 15 is 0 Å². The fourth-order valence-electron chi connectivity index (χ4n) is 3.36. The van der Waals surface area contributed by atoms with Crippen LogP contribution in [0, 0.1) is 0 Å². The summed E-state index contributed by atoms with van der Waals surface area (Å²) in [5.41, 5.74) is 0. The molecule has 1 aromatic carbocycles.